The van der Waals surface area contributed by atoms with E-state index in [1.165, 1.54) is 0 Å². The highest BCUT2D eigenvalue weighted by Crippen LogP contribution is 2.21. The number of carbonyl (C=O) groups excluding carboxylic acids is 1. The van der Waals surface area contributed by atoms with Crippen molar-refractivity contribution in [2.45, 2.75) is 6.61 Å². The third kappa shape index (κ3) is 1.23. The molecule has 4 heteroatoms. The predicted molar refractivity (Wildman–Crippen MR) is 47.2 cm³/mol. The Hall–Kier alpha value is -1.22. The first-order chi connectivity index (χ1) is 5.27. The number of cyclic esters (lactones) is 1. The summed E-state index contributed by atoms with van der Waals surface area (Å²) in [5.74, 6) is -0.271. The molecule has 1 aromatic carbocycles. The molecule has 0 saturated carbocycles. The minimum Gasteiger partial charge on any atom is -0.457 e. The molecule has 0 radical (unpaired) electrons. The third-order valence-corrected chi connectivity index (χ3v) is 1.71. The molecule has 0 unspecified atom stereocenters. The number of nitrogens with two attached hydrogens (primary N) is 1. The summed E-state index contributed by atoms with van der Waals surface area (Å²) in [6.45, 7) is 0.383. The molecule has 1 aliphatic rings. The predicted octanol–water partition coefficient (Wildman–Crippen LogP) is 1.36. The lowest BCUT2D eigenvalue weighted by Gasteiger charge is -1.94. The molecule has 1 aromatic rings. The van der Waals surface area contributed by atoms with Gasteiger partial charge in [0.15, 0.2) is 0 Å². The van der Waals surface area contributed by atoms with E-state index in [4.69, 9.17) is 10.5 Å². The van der Waals surface area contributed by atoms with Crippen molar-refractivity contribution in [2.24, 2.45) is 0 Å². The van der Waals surface area contributed by atoms with Crippen molar-refractivity contribution in [1.82, 2.24) is 0 Å². The van der Waals surface area contributed by atoms with Gasteiger partial charge in [0.1, 0.15) is 6.61 Å². The van der Waals surface area contributed by atoms with Crippen LogP contribution in [0.4, 0.5) is 5.69 Å². The Balaban J connectivity index is 0.000000720. The second-order valence-electron chi connectivity index (χ2n) is 2.49. The molecule has 1 aliphatic heterocycles. The Kier molecular flexibility index (Phi) is 2.24. The summed E-state index contributed by atoms with van der Waals surface area (Å²) in [6.07, 6.45) is 0. The van der Waals surface area contributed by atoms with Crippen LogP contribution in [-0.4, -0.2) is 5.97 Å². The summed E-state index contributed by atoms with van der Waals surface area (Å²) in [7, 11) is 0. The summed E-state index contributed by atoms with van der Waals surface area (Å²) in [5, 5.41) is 0. The lowest BCUT2D eigenvalue weighted by atomic mass is 10.1. The van der Waals surface area contributed by atoms with Gasteiger partial charge in [-0.25, -0.2) is 4.79 Å². The maximum atomic E-state index is 10.9. The van der Waals surface area contributed by atoms with Crippen LogP contribution in [0.1, 0.15) is 15.9 Å². The minimum atomic E-state index is -0.271. The zero-order valence-corrected chi connectivity index (χ0v) is 7.06. The lowest BCUT2D eigenvalue weighted by molar-refractivity contribution is 0.0535. The fraction of sp³-hybridized carbons (Fsp3) is 0.125. The van der Waals surface area contributed by atoms with Crippen LogP contribution in [-0.2, 0) is 11.3 Å². The number of benzene rings is 1. The van der Waals surface area contributed by atoms with Gasteiger partial charge in [-0.3, -0.25) is 0 Å². The highest BCUT2D eigenvalue weighted by Gasteiger charge is 2.20. The lowest BCUT2D eigenvalue weighted by Crippen LogP contribution is -1.94. The maximum Gasteiger partial charge on any atom is 0.338 e. The Morgan fingerprint density at radius 2 is 2.17 bits per heavy atom. The minimum absolute atomic E-state index is 0. The second kappa shape index (κ2) is 3.03. The molecule has 3 nitrogen and oxygen atoms in total. The SMILES string of the molecule is Cl.Nc1ccc2c(c1)C(=O)OC2. The molecule has 0 saturated heterocycles. The number of ether oxygens (including phenoxy) is 1. The normalized spacial score (nSPS) is 13.2. The maximum absolute atomic E-state index is 10.9. The van der Waals surface area contributed by atoms with Crippen molar-refractivity contribution >= 4 is 24.1 Å². The van der Waals surface area contributed by atoms with E-state index in [0.29, 0.717) is 17.9 Å². The third-order valence-electron chi connectivity index (χ3n) is 1.71. The number of halogens is 1. The summed E-state index contributed by atoms with van der Waals surface area (Å²) in [4.78, 5) is 10.9. The summed E-state index contributed by atoms with van der Waals surface area (Å²) < 4.78 is 4.78. The van der Waals surface area contributed by atoms with Crippen molar-refractivity contribution < 1.29 is 9.53 Å². The van der Waals surface area contributed by atoms with Crippen molar-refractivity contribution in [3.8, 4) is 0 Å². The van der Waals surface area contributed by atoms with E-state index in [1.54, 1.807) is 12.1 Å². The number of esters is 1. The van der Waals surface area contributed by atoms with Crippen LogP contribution in [0, 0.1) is 0 Å². The average Bonchev–Trinajstić information content (AvgIpc) is 2.33. The van der Waals surface area contributed by atoms with Crippen LogP contribution in [0.3, 0.4) is 0 Å². The molecular formula is C8H8ClNO2. The van der Waals surface area contributed by atoms with Crippen LogP contribution in [0.2, 0.25) is 0 Å². The van der Waals surface area contributed by atoms with Gasteiger partial charge in [-0.2, -0.15) is 0 Å². The van der Waals surface area contributed by atoms with E-state index in [9.17, 15) is 4.79 Å². The van der Waals surface area contributed by atoms with Gasteiger partial charge in [0.05, 0.1) is 5.56 Å². The molecule has 0 aromatic heterocycles. The van der Waals surface area contributed by atoms with Crippen LogP contribution >= 0.6 is 12.4 Å². The van der Waals surface area contributed by atoms with Crippen molar-refractivity contribution in [3.63, 3.8) is 0 Å². The first kappa shape index (κ1) is 8.87. The van der Waals surface area contributed by atoms with E-state index in [1.807, 2.05) is 6.07 Å². The summed E-state index contributed by atoms with van der Waals surface area (Å²) >= 11 is 0. The fourth-order valence-electron chi connectivity index (χ4n) is 1.13. The number of nitrogen functional groups attached to an aromatic ring is 1. The van der Waals surface area contributed by atoms with Gasteiger partial charge in [-0.05, 0) is 12.1 Å². The Bertz CT molecular complexity index is 325. The molecule has 1 heterocycles. The topological polar surface area (TPSA) is 52.3 Å². The zero-order chi connectivity index (χ0) is 7.84. The van der Waals surface area contributed by atoms with Gasteiger partial charge < -0.3 is 10.5 Å². The molecule has 0 spiro atoms. The zero-order valence-electron chi connectivity index (χ0n) is 6.24. The van der Waals surface area contributed by atoms with Crippen molar-refractivity contribution in [2.75, 3.05) is 5.73 Å². The van der Waals surface area contributed by atoms with Gasteiger partial charge in [-0.15, -0.1) is 12.4 Å². The van der Waals surface area contributed by atoms with Crippen LogP contribution < -0.4 is 5.73 Å². The first-order valence-electron chi connectivity index (χ1n) is 3.33. The number of rotatable bonds is 0. The standard InChI is InChI=1S/C8H7NO2.ClH/c9-6-2-1-5-4-11-8(10)7(5)3-6;/h1-3H,4,9H2;1H. The van der Waals surface area contributed by atoms with Crippen LogP contribution in [0.15, 0.2) is 18.2 Å². The smallest absolute Gasteiger partial charge is 0.338 e. The van der Waals surface area contributed by atoms with E-state index >= 15 is 0 Å². The van der Waals surface area contributed by atoms with E-state index in [0.717, 1.165) is 5.56 Å². The molecule has 0 fully saturated rings. The summed E-state index contributed by atoms with van der Waals surface area (Å²) in [5.41, 5.74) is 7.61. The van der Waals surface area contributed by atoms with Gasteiger partial charge in [0, 0.05) is 11.3 Å². The van der Waals surface area contributed by atoms with Gasteiger partial charge in [-0.1, -0.05) is 6.07 Å². The molecule has 12 heavy (non-hydrogen) atoms. The number of fused-ring (bicyclic) bond motifs is 1. The number of anilines is 1. The Morgan fingerprint density at radius 1 is 1.42 bits per heavy atom. The number of carbonyl (C=O) groups is 1. The highest BCUT2D eigenvalue weighted by atomic mass is 35.5. The first-order valence-corrected chi connectivity index (χ1v) is 3.33. The average molecular weight is 186 g/mol. The summed E-state index contributed by atoms with van der Waals surface area (Å²) in [6, 6.07) is 5.22. The van der Waals surface area contributed by atoms with Gasteiger partial charge in [0.25, 0.3) is 0 Å². The van der Waals surface area contributed by atoms with Crippen molar-refractivity contribution in [3.05, 3.63) is 29.3 Å². The van der Waals surface area contributed by atoms with Crippen molar-refractivity contribution in [1.29, 1.82) is 0 Å². The van der Waals surface area contributed by atoms with Gasteiger partial charge >= 0.3 is 5.97 Å². The Morgan fingerprint density at radius 3 is 2.92 bits per heavy atom. The molecule has 2 rings (SSSR count). The molecule has 0 atom stereocenters. The molecule has 0 bridgehead atoms. The van der Waals surface area contributed by atoms with Gasteiger partial charge in [0.2, 0.25) is 0 Å². The largest absolute Gasteiger partial charge is 0.457 e. The second-order valence-corrected chi connectivity index (χ2v) is 2.49. The number of hydrogen-bond donors (Lipinski definition) is 1. The highest BCUT2D eigenvalue weighted by molar-refractivity contribution is 5.94. The quantitative estimate of drug-likeness (QED) is 0.491. The molecular weight excluding hydrogens is 178 g/mol. The van der Waals surface area contributed by atoms with Crippen LogP contribution in [0.5, 0.6) is 0 Å². The molecule has 64 valence electrons. The van der Waals surface area contributed by atoms with Crippen LogP contribution in [0.25, 0.3) is 0 Å². The van der Waals surface area contributed by atoms with E-state index < -0.39 is 0 Å². The molecule has 0 aliphatic carbocycles. The Labute approximate surface area is 75.9 Å². The molecule has 2 N–H and O–H groups in total. The van der Waals surface area contributed by atoms with E-state index in [2.05, 4.69) is 0 Å². The van der Waals surface area contributed by atoms with E-state index in [-0.39, 0.29) is 18.4 Å². The number of hydrogen-bond acceptors (Lipinski definition) is 3. The fourth-order valence-corrected chi connectivity index (χ4v) is 1.13. The molecule has 0 amide bonds. The monoisotopic (exact) mass is 185 g/mol.